The molecule has 0 aliphatic rings. The van der Waals surface area contributed by atoms with Crippen LogP contribution in [0.25, 0.3) is 0 Å². The van der Waals surface area contributed by atoms with E-state index in [-0.39, 0.29) is 10.8 Å². The van der Waals surface area contributed by atoms with E-state index in [2.05, 4.69) is 21.3 Å². The number of amides is 1. The van der Waals surface area contributed by atoms with Gasteiger partial charge in [0.15, 0.2) is 0 Å². The molecule has 1 radical (unpaired) electrons. The molecule has 0 unspecified atom stereocenters. The summed E-state index contributed by atoms with van der Waals surface area (Å²) in [6, 6.07) is 0.244. The molecule has 0 heterocycles. The Morgan fingerprint density at radius 3 is 2.14 bits per heavy atom. The third-order valence-electron chi connectivity index (χ3n) is 0.407. The molecule has 2 nitrogen and oxygen atoms in total. The quantitative estimate of drug-likeness (QED) is 0.555. The van der Waals surface area contributed by atoms with E-state index in [1.165, 1.54) is 0 Å². The Morgan fingerprint density at radius 1 is 1.71 bits per heavy atom. The molecule has 7 heavy (non-hydrogen) atoms. The van der Waals surface area contributed by atoms with Crippen LogP contribution >= 0.6 is 0 Å². The van der Waals surface area contributed by atoms with Gasteiger partial charge in [-0.1, -0.05) is 0 Å². The van der Waals surface area contributed by atoms with E-state index in [4.69, 9.17) is 0 Å². The molecule has 41 valence electrons. The van der Waals surface area contributed by atoms with Crippen LogP contribution in [0.1, 0.15) is 13.8 Å². The SMILES string of the molecule is CC(C)NC(=O)[Se]. The Morgan fingerprint density at radius 2 is 2.14 bits per heavy atom. The second-order valence-corrected chi connectivity index (χ2v) is 2.36. The second kappa shape index (κ2) is 3.05. The van der Waals surface area contributed by atoms with Crippen molar-refractivity contribution in [3.05, 3.63) is 0 Å². The van der Waals surface area contributed by atoms with Crippen molar-refractivity contribution in [1.29, 1.82) is 0 Å². The van der Waals surface area contributed by atoms with Gasteiger partial charge in [-0.05, 0) is 0 Å². The Kier molecular flexibility index (Phi) is 3.05. The summed E-state index contributed by atoms with van der Waals surface area (Å²) in [5.41, 5.74) is 0. The topological polar surface area (TPSA) is 29.1 Å². The van der Waals surface area contributed by atoms with Crippen molar-refractivity contribution in [2.24, 2.45) is 0 Å². The normalized spacial score (nSPS) is 9.00. The van der Waals surface area contributed by atoms with Gasteiger partial charge in [-0.3, -0.25) is 0 Å². The molecule has 1 amide bonds. The molecule has 0 spiro atoms. The van der Waals surface area contributed by atoms with Gasteiger partial charge in [0.1, 0.15) is 0 Å². The van der Waals surface area contributed by atoms with E-state index in [1.807, 2.05) is 13.8 Å². The third-order valence-corrected chi connectivity index (χ3v) is 0.654. The van der Waals surface area contributed by atoms with Crippen molar-refractivity contribution < 1.29 is 4.79 Å². The Hall–Kier alpha value is -0.0105. The van der Waals surface area contributed by atoms with Crippen molar-refractivity contribution in [3.63, 3.8) is 0 Å². The summed E-state index contributed by atoms with van der Waals surface area (Å²) in [6.45, 7) is 3.82. The predicted octanol–water partition coefficient (Wildman–Crippen LogP) is 0.273. The monoisotopic (exact) mass is 166 g/mol. The van der Waals surface area contributed by atoms with Gasteiger partial charge in [0, 0.05) is 0 Å². The van der Waals surface area contributed by atoms with E-state index < -0.39 is 0 Å². The standard InChI is InChI=1S/C4H8NOSe/c1-3(2)5-4(6)7/h3H,1-2H3,(H,5,6). The third kappa shape index (κ3) is 5.99. The van der Waals surface area contributed by atoms with Gasteiger partial charge in [-0.2, -0.15) is 0 Å². The number of carbonyl (C=O) groups excluding carboxylic acids is 1. The van der Waals surface area contributed by atoms with Crippen LogP contribution in [0.5, 0.6) is 0 Å². The van der Waals surface area contributed by atoms with Crippen LogP contribution in [0.4, 0.5) is 4.79 Å². The molecule has 0 aromatic heterocycles. The first-order valence-electron chi connectivity index (χ1n) is 2.10. The molecule has 0 saturated carbocycles. The van der Waals surface area contributed by atoms with Gasteiger partial charge in [0.05, 0.1) is 0 Å². The van der Waals surface area contributed by atoms with Crippen LogP contribution in [-0.4, -0.2) is 26.9 Å². The molecular formula is C4H8NOSe. The number of hydrogen-bond donors (Lipinski definition) is 1. The van der Waals surface area contributed by atoms with Crippen LogP contribution < -0.4 is 5.32 Å². The molecule has 0 atom stereocenters. The summed E-state index contributed by atoms with van der Waals surface area (Å²) in [7, 11) is 0. The molecule has 0 aromatic rings. The van der Waals surface area contributed by atoms with Crippen molar-refractivity contribution >= 4 is 20.8 Å². The van der Waals surface area contributed by atoms with Crippen LogP contribution in [-0.2, 0) is 0 Å². The summed E-state index contributed by atoms with van der Waals surface area (Å²) in [4.78, 5) is 10.00. The van der Waals surface area contributed by atoms with Crippen molar-refractivity contribution in [3.8, 4) is 0 Å². The molecule has 1 N–H and O–H groups in total. The van der Waals surface area contributed by atoms with Crippen LogP contribution in [0, 0.1) is 0 Å². The van der Waals surface area contributed by atoms with Crippen molar-refractivity contribution in [2.45, 2.75) is 19.9 Å². The van der Waals surface area contributed by atoms with E-state index >= 15 is 0 Å². The van der Waals surface area contributed by atoms with E-state index in [1.54, 1.807) is 0 Å². The fourth-order valence-corrected chi connectivity index (χ4v) is 0.730. The van der Waals surface area contributed by atoms with Crippen molar-refractivity contribution in [1.82, 2.24) is 5.32 Å². The van der Waals surface area contributed by atoms with Crippen molar-refractivity contribution in [2.75, 3.05) is 0 Å². The van der Waals surface area contributed by atoms with Gasteiger partial charge in [0.2, 0.25) is 0 Å². The molecule has 0 aliphatic carbocycles. The minimum absolute atomic E-state index is 0.0880. The first kappa shape index (κ1) is 6.99. The van der Waals surface area contributed by atoms with Gasteiger partial charge in [0.25, 0.3) is 0 Å². The second-order valence-electron chi connectivity index (χ2n) is 1.59. The summed E-state index contributed by atoms with van der Waals surface area (Å²) in [5, 5.41) is 2.61. The maximum absolute atomic E-state index is 10.1. The number of carbonyl (C=O) groups is 1. The molecule has 0 bridgehead atoms. The molecule has 3 heteroatoms. The number of hydrogen-bond acceptors (Lipinski definition) is 1. The molecule has 0 fully saturated rings. The Bertz CT molecular complexity index is 72.1. The first-order chi connectivity index (χ1) is 3.13. The molecule has 0 aliphatic heterocycles. The summed E-state index contributed by atoms with van der Waals surface area (Å²) < 4.78 is 0. The van der Waals surface area contributed by atoms with Gasteiger partial charge in [-0.15, -0.1) is 0 Å². The maximum atomic E-state index is 10.1. The average Bonchev–Trinajstić information content (AvgIpc) is 1.27. The average molecular weight is 165 g/mol. The zero-order chi connectivity index (χ0) is 5.86. The van der Waals surface area contributed by atoms with E-state index in [0.717, 1.165) is 0 Å². The fourth-order valence-electron chi connectivity index (χ4n) is 0.236. The summed E-state index contributed by atoms with van der Waals surface area (Å²) >= 11 is 2.32. The zero-order valence-electron chi connectivity index (χ0n) is 4.39. The Labute approximate surface area is 51.5 Å². The van der Waals surface area contributed by atoms with E-state index in [9.17, 15) is 4.79 Å². The molecule has 0 saturated heterocycles. The molecular weight excluding hydrogens is 157 g/mol. The first-order valence-corrected chi connectivity index (χ1v) is 2.96. The van der Waals surface area contributed by atoms with Crippen LogP contribution in [0.2, 0.25) is 0 Å². The van der Waals surface area contributed by atoms with Gasteiger partial charge < -0.3 is 0 Å². The fraction of sp³-hybridized carbons (Fsp3) is 0.750. The van der Waals surface area contributed by atoms with Crippen LogP contribution in [0.15, 0.2) is 0 Å². The molecule has 0 aromatic carbocycles. The summed E-state index contributed by atoms with van der Waals surface area (Å²) in [6.07, 6.45) is 0. The van der Waals surface area contributed by atoms with Gasteiger partial charge in [-0.25, -0.2) is 0 Å². The minimum atomic E-state index is -0.0880. The Balaban J connectivity index is 3.13. The number of rotatable bonds is 1. The zero-order valence-corrected chi connectivity index (χ0v) is 6.11. The number of nitrogens with one attached hydrogen (secondary N) is 1. The van der Waals surface area contributed by atoms with Crippen LogP contribution in [0.3, 0.4) is 0 Å². The van der Waals surface area contributed by atoms with Gasteiger partial charge >= 0.3 is 50.8 Å². The van der Waals surface area contributed by atoms with E-state index in [0.29, 0.717) is 0 Å². The predicted molar refractivity (Wildman–Crippen MR) is 29.4 cm³/mol. The summed E-state index contributed by atoms with van der Waals surface area (Å²) in [5.74, 6) is 0. The molecule has 0 rings (SSSR count).